The van der Waals surface area contributed by atoms with Crippen molar-refractivity contribution in [2.75, 3.05) is 6.54 Å². The van der Waals surface area contributed by atoms with E-state index in [1.165, 1.54) is 0 Å². The Balaban J connectivity index is 0.000000217. The van der Waals surface area contributed by atoms with E-state index in [1.54, 1.807) is 0 Å². The molecule has 0 unspecified atom stereocenters. The van der Waals surface area contributed by atoms with Crippen molar-refractivity contribution in [1.29, 1.82) is 0 Å². The fraction of sp³-hybridized carbons (Fsp3) is 0.125. The van der Waals surface area contributed by atoms with E-state index in [-0.39, 0.29) is 6.54 Å². The van der Waals surface area contributed by atoms with Gasteiger partial charge in [0.15, 0.2) is 0 Å². The average Bonchev–Trinajstić information content (AvgIpc) is 2.07. The fourth-order valence-corrected chi connectivity index (χ4v) is 0.560. The number of benzene rings is 1. The maximum atomic E-state index is 9.24. The molecule has 0 aromatic heterocycles. The third-order valence-electron chi connectivity index (χ3n) is 0.908. The minimum atomic E-state index is -0.968. The first-order chi connectivity index (χ1) is 5.66. The highest BCUT2D eigenvalue weighted by Gasteiger charge is 1.81. The zero-order chi connectivity index (χ0) is 9.40. The molecule has 1 aromatic rings. The number of carboxylic acids is 1. The molecule has 66 valence electrons. The summed E-state index contributed by atoms with van der Waals surface area (Å²) in [4.78, 5) is 9.24. The van der Waals surface area contributed by atoms with Gasteiger partial charge in [0.2, 0.25) is 0 Å². The van der Waals surface area contributed by atoms with Gasteiger partial charge in [0.1, 0.15) is 0 Å². The second kappa shape index (κ2) is 6.64. The van der Waals surface area contributed by atoms with Gasteiger partial charge >= 0.3 is 5.97 Å². The summed E-state index contributed by atoms with van der Waals surface area (Å²) in [6.45, 7) is -0.278. The van der Waals surface area contributed by atoms with Crippen LogP contribution in [0.25, 0.3) is 0 Å². The first-order valence-corrected chi connectivity index (χ1v) is 3.67. The molecule has 0 saturated heterocycles. The van der Waals surface area contributed by atoms with Crippen LogP contribution in [0.15, 0.2) is 30.3 Å². The lowest BCUT2D eigenvalue weighted by Gasteiger charge is -1.80. The molecule has 0 spiro atoms. The monoisotopic (exact) mass is 187 g/mol. The van der Waals surface area contributed by atoms with Crippen LogP contribution < -0.4 is 5.73 Å². The van der Waals surface area contributed by atoms with Crippen molar-refractivity contribution in [2.45, 2.75) is 0 Å². The summed E-state index contributed by atoms with van der Waals surface area (Å²) in [5, 5.41) is 8.39. The molecule has 1 rings (SSSR count). The molecular formula is C8H10ClNO2. The Morgan fingerprint density at radius 2 is 1.83 bits per heavy atom. The van der Waals surface area contributed by atoms with Crippen LogP contribution in [0.3, 0.4) is 0 Å². The normalized spacial score (nSPS) is 8.17. The van der Waals surface area contributed by atoms with E-state index < -0.39 is 5.97 Å². The molecule has 0 bridgehead atoms. The first kappa shape index (κ1) is 10.9. The van der Waals surface area contributed by atoms with Crippen molar-refractivity contribution in [3.05, 3.63) is 35.4 Å². The van der Waals surface area contributed by atoms with E-state index in [1.807, 2.05) is 30.3 Å². The number of carbonyl (C=O) groups is 1. The summed E-state index contributed by atoms with van der Waals surface area (Å²) in [5.41, 5.74) is 4.57. The van der Waals surface area contributed by atoms with Crippen molar-refractivity contribution in [3.8, 4) is 0 Å². The SMILES string of the molecule is Clc1ccccc1.NCC(=O)O. The zero-order valence-corrected chi connectivity index (χ0v) is 7.16. The van der Waals surface area contributed by atoms with Gasteiger partial charge in [0.25, 0.3) is 0 Å². The van der Waals surface area contributed by atoms with Crippen LogP contribution in [0, 0.1) is 0 Å². The standard InChI is InChI=1S/C6H5Cl.C2H5NO2/c7-6-4-2-1-3-5-6;3-1-2(4)5/h1-5H;1,3H2,(H,4,5). The molecule has 0 amide bonds. The Morgan fingerprint density at radius 3 is 2.00 bits per heavy atom. The second-order valence-corrected chi connectivity index (χ2v) is 2.33. The van der Waals surface area contributed by atoms with Gasteiger partial charge in [-0.25, -0.2) is 0 Å². The predicted octanol–water partition coefficient (Wildman–Crippen LogP) is 1.37. The Kier molecular flexibility index (Phi) is 6.05. The Morgan fingerprint density at radius 1 is 1.42 bits per heavy atom. The van der Waals surface area contributed by atoms with Gasteiger partial charge in [-0.1, -0.05) is 29.8 Å². The minimum Gasteiger partial charge on any atom is -0.480 e. The van der Waals surface area contributed by atoms with Crippen molar-refractivity contribution in [3.63, 3.8) is 0 Å². The molecule has 3 N–H and O–H groups in total. The van der Waals surface area contributed by atoms with E-state index in [2.05, 4.69) is 5.73 Å². The van der Waals surface area contributed by atoms with Crippen molar-refractivity contribution in [1.82, 2.24) is 0 Å². The largest absolute Gasteiger partial charge is 0.480 e. The smallest absolute Gasteiger partial charge is 0.317 e. The highest BCUT2D eigenvalue weighted by atomic mass is 35.5. The van der Waals surface area contributed by atoms with Gasteiger partial charge < -0.3 is 10.8 Å². The maximum absolute atomic E-state index is 9.24. The van der Waals surface area contributed by atoms with Gasteiger partial charge in [-0.2, -0.15) is 0 Å². The molecule has 0 aliphatic carbocycles. The quantitative estimate of drug-likeness (QED) is 0.698. The lowest BCUT2D eigenvalue weighted by atomic mass is 10.4. The zero-order valence-electron chi connectivity index (χ0n) is 6.40. The Bertz CT molecular complexity index is 226. The molecule has 1 aromatic carbocycles. The molecule has 0 aliphatic rings. The first-order valence-electron chi connectivity index (χ1n) is 3.29. The van der Waals surface area contributed by atoms with E-state index >= 15 is 0 Å². The summed E-state index contributed by atoms with van der Waals surface area (Å²) in [6.07, 6.45) is 0. The van der Waals surface area contributed by atoms with Crippen LogP contribution in [0.2, 0.25) is 5.02 Å². The molecule has 12 heavy (non-hydrogen) atoms. The number of halogens is 1. The number of carboxylic acid groups (broad SMARTS) is 1. The molecule has 0 heterocycles. The molecule has 4 heteroatoms. The van der Waals surface area contributed by atoms with Gasteiger partial charge in [0, 0.05) is 5.02 Å². The number of nitrogens with two attached hydrogens (primary N) is 1. The second-order valence-electron chi connectivity index (χ2n) is 1.89. The predicted molar refractivity (Wildman–Crippen MR) is 48.1 cm³/mol. The van der Waals surface area contributed by atoms with Gasteiger partial charge in [-0.05, 0) is 12.1 Å². The molecule has 0 fully saturated rings. The summed E-state index contributed by atoms with van der Waals surface area (Å²) < 4.78 is 0. The van der Waals surface area contributed by atoms with Crippen LogP contribution in [0.5, 0.6) is 0 Å². The van der Waals surface area contributed by atoms with Crippen molar-refractivity contribution in [2.24, 2.45) is 5.73 Å². The average molecular weight is 188 g/mol. The van der Waals surface area contributed by atoms with Crippen LogP contribution >= 0.6 is 11.6 Å². The lowest BCUT2D eigenvalue weighted by Crippen LogP contribution is -2.10. The molecular weight excluding hydrogens is 178 g/mol. The molecule has 0 radical (unpaired) electrons. The highest BCUT2D eigenvalue weighted by Crippen LogP contribution is 2.03. The van der Waals surface area contributed by atoms with E-state index in [0.717, 1.165) is 5.02 Å². The molecule has 0 atom stereocenters. The van der Waals surface area contributed by atoms with Crippen LogP contribution in [-0.2, 0) is 4.79 Å². The topological polar surface area (TPSA) is 63.3 Å². The van der Waals surface area contributed by atoms with Crippen LogP contribution in [0.1, 0.15) is 0 Å². The minimum absolute atomic E-state index is 0.278. The summed E-state index contributed by atoms with van der Waals surface area (Å²) in [5.74, 6) is -0.968. The number of hydrogen-bond acceptors (Lipinski definition) is 2. The Hall–Kier alpha value is -1.06. The van der Waals surface area contributed by atoms with Crippen LogP contribution in [0.4, 0.5) is 0 Å². The number of hydrogen-bond donors (Lipinski definition) is 2. The van der Waals surface area contributed by atoms with Gasteiger partial charge in [0.05, 0.1) is 6.54 Å². The van der Waals surface area contributed by atoms with Crippen molar-refractivity contribution < 1.29 is 9.90 Å². The van der Waals surface area contributed by atoms with Crippen molar-refractivity contribution >= 4 is 17.6 Å². The summed E-state index contributed by atoms with van der Waals surface area (Å²) in [7, 11) is 0. The lowest BCUT2D eigenvalue weighted by molar-refractivity contribution is -0.135. The van der Waals surface area contributed by atoms with Gasteiger partial charge in [-0.15, -0.1) is 0 Å². The van der Waals surface area contributed by atoms with Gasteiger partial charge in [-0.3, -0.25) is 4.79 Å². The number of aliphatic carboxylic acids is 1. The highest BCUT2D eigenvalue weighted by molar-refractivity contribution is 6.30. The van der Waals surface area contributed by atoms with E-state index in [0.29, 0.717) is 0 Å². The summed E-state index contributed by atoms with van der Waals surface area (Å²) in [6, 6.07) is 9.44. The maximum Gasteiger partial charge on any atom is 0.317 e. The third kappa shape index (κ3) is 7.05. The molecule has 0 aliphatic heterocycles. The summed E-state index contributed by atoms with van der Waals surface area (Å²) >= 11 is 5.54. The van der Waals surface area contributed by atoms with E-state index in [9.17, 15) is 4.79 Å². The third-order valence-corrected chi connectivity index (χ3v) is 1.16. The molecule has 0 saturated carbocycles. The Labute approximate surface area is 75.8 Å². The van der Waals surface area contributed by atoms with E-state index in [4.69, 9.17) is 16.7 Å². The fourth-order valence-electron chi connectivity index (χ4n) is 0.415. The van der Waals surface area contributed by atoms with Crippen LogP contribution in [-0.4, -0.2) is 17.6 Å². The molecule has 3 nitrogen and oxygen atoms in total. The number of rotatable bonds is 1.